The van der Waals surface area contributed by atoms with Gasteiger partial charge in [0, 0.05) is 0 Å². The molecule has 0 saturated heterocycles. The number of hydroxylamine groups is 1. The smallest absolute Gasteiger partial charge is 0.277 e. The Labute approximate surface area is 182 Å². The third kappa shape index (κ3) is 8.10. The molecule has 0 bridgehead atoms. The van der Waals surface area contributed by atoms with Gasteiger partial charge < -0.3 is 14.4 Å². The molecule has 2 aromatic rings. The molecule has 0 aliphatic rings. The van der Waals surface area contributed by atoms with Crippen LogP contribution in [-0.4, -0.2) is 25.5 Å². The van der Waals surface area contributed by atoms with Crippen molar-refractivity contribution in [2.45, 2.75) is 34.6 Å². The molecule has 0 fully saturated rings. The highest BCUT2D eigenvalue weighted by atomic mass is 31.2. The minimum Gasteiger partial charge on any atom is -0.350 e. The van der Waals surface area contributed by atoms with Gasteiger partial charge in [-0.3, -0.25) is 9.63 Å². The van der Waals surface area contributed by atoms with E-state index in [4.69, 9.17) is 13.9 Å². The van der Waals surface area contributed by atoms with Crippen LogP contribution in [0.3, 0.4) is 0 Å². The quantitative estimate of drug-likeness (QED) is 0.327. The topological polar surface area (TPSA) is 68.8 Å². The predicted molar refractivity (Wildman–Crippen MR) is 116 cm³/mol. The molecular weight excluding hydrogens is 432 g/mol. The summed E-state index contributed by atoms with van der Waals surface area (Å²) in [5.41, 5.74) is 1.91. The van der Waals surface area contributed by atoms with Gasteiger partial charge in [0.15, 0.2) is 11.6 Å². The summed E-state index contributed by atoms with van der Waals surface area (Å²) < 4.78 is 52.8. The number of carbonyl (C=O) groups excluding carboxylic acids is 1. The molecule has 10 heteroatoms. The molecule has 31 heavy (non-hydrogen) atoms. The molecule has 0 atom stereocenters. The zero-order valence-corrected chi connectivity index (χ0v) is 19.1. The average Bonchev–Trinajstić information content (AvgIpc) is 2.75. The second-order valence-corrected chi connectivity index (χ2v) is 7.21. The normalized spacial score (nSPS) is 10.5. The molecule has 0 unspecified atom stereocenters. The Bertz CT molecular complexity index is 850. The van der Waals surface area contributed by atoms with E-state index in [2.05, 4.69) is 10.8 Å². The van der Waals surface area contributed by atoms with Crippen LogP contribution in [0, 0.1) is 24.4 Å². The van der Waals surface area contributed by atoms with Gasteiger partial charge in [0.25, 0.3) is 5.91 Å². The first-order chi connectivity index (χ1) is 14.9. The molecule has 2 rings (SSSR count). The number of nitrogens with one attached hydrogen (secondary N) is 2. The summed E-state index contributed by atoms with van der Waals surface area (Å²) in [5.74, 6) is -4.02. The minimum absolute atomic E-state index is 0.0538. The number of halogens is 3. The molecule has 2 N–H and O–H groups in total. The molecule has 0 aliphatic heterocycles. The van der Waals surface area contributed by atoms with Crippen LogP contribution in [0.2, 0.25) is 0 Å². The third-order valence-electron chi connectivity index (χ3n) is 3.60. The number of hydrogen-bond donors (Lipinski definition) is 2. The highest BCUT2D eigenvalue weighted by Crippen LogP contribution is 2.37. The first-order valence-corrected chi connectivity index (χ1v) is 11.2. The van der Waals surface area contributed by atoms with Crippen LogP contribution in [-0.2, 0) is 13.9 Å². The molecule has 0 saturated carbocycles. The van der Waals surface area contributed by atoms with Gasteiger partial charge in [0.1, 0.15) is 12.2 Å². The first kappa shape index (κ1) is 26.8. The van der Waals surface area contributed by atoms with Crippen LogP contribution in [0.5, 0.6) is 0 Å². The van der Waals surface area contributed by atoms with Crippen molar-refractivity contribution in [1.29, 1.82) is 0 Å². The number of aryl methyl sites for hydroxylation is 1. The van der Waals surface area contributed by atoms with Gasteiger partial charge in [0.2, 0.25) is 8.38 Å². The third-order valence-corrected chi connectivity index (χ3v) is 5.04. The van der Waals surface area contributed by atoms with E-state index in [1.54, 1.807) is 26.8 Å². The number of hydrogen-bond acceptors (Lipinski definition) is 5. The zero-order valence-electron chi connectivity index (χ0n) is 18.2. The minimum atomic E-state index is -1.36. The van der Waals surface area contributed by atoms with Crippen LogP contribution in [0.25, 0.3) is 0 Å². The summed E-state index contributed by atoms with van der Waals surface area (Å²) in [4.78, 5) is 17.5. The lowest BCUT2D eigenvalue weighted by Crippen LogP contribution is -2.25. The summed E-state index contributed by atoms with van der Waals surface area (Å²) in [7, 11) is -1.36. The molecule has 172 valence electrons. The molecule has 0 spiro atoms. The van der Waals surface area contributed by atoms with Crippen molar-refractivity contribution in [2.75, 3.05) is 24.9 Å². The summed E-state index contributed by atoms with van der Waals surface area (Å²) >= 11 is 0. The summed E-state index contributed by atoms with van der Waals surface area (Å²) in [6.45, 7) is 10.1. The number of amides is 1. The number of carbonyl (C=O) groups is 1. The van der Waals surface area contributed by atoms with Crippen LogP contribution in [0.4, 0.5) is 24.5 Å². The van der Waals surface area contributed by atoms with Crippen molar-refractivity contribution in [3.05, 3.63) is 58.9 Å². The van der Waals surface area contributed by atoms with Crippen molar-refractivity contribution in [3.63, 3.8) is 0 Å². The Morgan fingerprint density at radius 2 is 1.65 bits per heavy atom. The van der Waals surface area contributed by atoms with Gasteiger partial charge >= 0.3 is 0 Å². The van der Waals surface area contributed by atoms with Crippen LogP contribution in [0.15, 0.2) is 30.3 Å². The largest absolute Gasteiger partial charge is 0.350 e. The maximum absolute atomic E-state index is 14.4. The lowest BCUT2D eigenvalue weighted by molar-refractivity contribution is 0.0434. The number of anilines is 2. The fourth-order valence-electron chi connectivity index (χ4n) is 2.32. The van der Waals surface area contributed by atoms with Crippen LogP contribution in [0.1, 0.15) is 43.6 Å². The van der Waals surface area contributed by atoms with Crippen molar-refractivity contribution in [2.24, 2.45) is 0 Å². The summed E-state index contributed by atoms with van der Waals surface area (Å²) in [6.07, 6.45) is -0.0538. The average molecular weight is 460 g/mol. The molecular formula is C21H28F3N2O4P. The standard InChI is InChI=1S/C19H22F3N2O4P.C2H6/c1-4-27-29(28-5-2)11-26-24-19(25)13-7-8-14(20)17(22)18(13)23-16-9-6-12(3)10-15(16)21;1-2/h6-10,23H,4-5,11H2,1-3H3,(H,24,25);1-2H3. The van der Waals surface area contributed by atoms with Gasteiger partial charge in [-0.2, -0.15) is 0 Å². The van der Waals surface area contributed by atoms with Crippen molar-refractivity contribution in [1.82, 2.24) is 5.48 Å². The molecule has 6 nitrogen and oxygen atoms in total. The second kappa shape index (κ2) is 14.0. The molecule has 1 amide bonds. The van der Waals surface area contributed by atoms with E-state index in [0.29, 0.717) is 18.8 Å². The van der Waals surface area contributed by atoms with Gasteiger partial charge in [0.05, 0.1) is 30.2 Å². The Hall–Kier alpha value is -2.19. The van der Waals surface area contributed by atoms with Gasteiger partial charge in [-0.05, 0) is 50.6 Å². The molecule has 0 aliphatic carbocycles. The van der Waals surface area contributed by atoms with Crippen LogP contribution < -0.4 is 10.8 Å². The fraction of sp³-hybridized carbons (Fsp3) is 0.381. The highest BCUT2D eigenvalue weighted by Gasteiger charge is 2.21. The van der Waals surface area contributed by atoms with Crippen molar-refractivity contribution in [3.8, 4) is 0 Å². The molecule has 0 aromatic heterocycles. The highest BCUT2D eigenvalue weighted by molar-refractivity contribution is 7.47. The molecule has 0 heterocycles. The second-order valence-electron chi connectivity index (χ2n) is 5.77. The lowest BCUT2D eigenvalue weighted by Gasteiger charge is -2.17. The zero-order chi connectivity index (χ0) is 23.4. The van der Waals surface area contributed by atoms with Gasteiger partial charge in [-0.1, -0.05) is 19.9 Å². The van der Waals surface area contributed by atoms with E-state index >= 15 is 0 Å². The maximum Gasteiger partial charge on any atom is 0.277 e. The van der Waals surface area contributed by atoms with Crippen molar-refractivity contribution >= 4 is 25.7 Å². The van der Waals surface area contributed by atoms with Gasteiger partial charge in [-0.15, -0.1) is 0 Å². The number of rotatable bonds is 10. The Balaban J connectivity index is 0.00000233. The van der Waals surface area contributed by atoms with Crippen LogP contribution >= 0.6 is 8.38 Å². The monoisotopic (exact) mass is 460 g/mol. The van der Waals surface area contributed by atoms with E-state index in [9.17, 15) is 18.0 Å². The Kier molecular flexibility index (Phi) is 12.1. The molecule has 0 radical (unpaired) electrons. The maximum atomic E-state index is 14.4. The van der Waals surface area contributed by atoms with E-state index < -0.39 is 37.4 Å². The predicted octanol–water partition coefficient (Wildman–Crippen LogP) is 6.19. The SMILES string of the molecule is CC.CCOP(CONC(=O)c1ccc(F)c(F)c1Nc1ccc(C)cc1F)OCC. The van der Waals surface area contributed by atoms with Crippen molar-refractivity contribution < 1.29 is 31.9 Å². The Morgan fingerprint density at radius 3 is 2.23 bits per heavy atom. The first-order valence-electron chi connectivity index (χ1n) is 9.84. The molecule has 2 aromatic carbocycles. The van der Waals surface area contributed by atoms with E-state index in [1.807, 2.05) is 13.8 Å². The summed E-state index contributed by atoms with van der Waals surface area (Å²) in [5, 5.41) is 2.45. The lowest BCUT2D eigenvalue weighted by atomic mass is 10.1. The Morgan fingerprint density at radius 1 is 1.00 bits per heavy atom. The van der Waals surface area contributed by atoms with E-state index in [0.717, 1.165) is 12.1 Å². The summed E-state index contributed by atoms with van der Waals surface area (Å²) in [6, 6.07) is 6.06. The van der Waals surface area contributed by atoms with Gasteiger partial charge in [-0.25, -0.2) is 18.7 Å². The number of benzene rings is 2. The van der Waals surface area contributed by atoms with E-state index in [-0.39, 0.29) is 17.6 Å². The fourth-order valence-corrected chi connectivity index (χ4v) is 3.29. The van der Waals surface area contributed by atoms with E-state index in [1.165, 1.54) is 12.1 Å².